The van der Waals surface area contributed by atoms with Crippen molar-refractivity contribution < 1.29 is 9.18 Å². The number of carbonyl (C=O) groups excluding carboxylic acids is 1. The Bertz CT molecular complexity index is 398. The van der Waals surface area contributed by atoms with Crippen molar-refractivity contribution >= 4 is 34.2 Å². The Morgan fingerprint density at radius 2 is 2.24 bits per heavy atom. The molecule has 0 saturated heterocycles. The molecule has 2 N–H and O–H groups in total. The Morgan fingerprint density at radius 3 is 2.82 bits per heavy atom. The molecule has 1 amide bonds. The van der Waals surface area contributed by atoms with Gasteiger partial charge >= 0.3 is 0 Å². The van der Waals surface area contributed by atoms with E-state index in [2.05, 4.69) is 17.6 Å². The normalized spacial score (nSPS) is 12.2. The monoisotopic (exact) mass is 350 g/mol. The van der Waals surface area contributed by atoms with Crippen LogP contribution in [0.15, 0.2) is 18.2 Å². The van der Waals surface area contributed by atoms with E-state index >= 15 is 0 Å². The molecule has 0 aliphatic heterocycles. The maximum atomic E-state index is 12.9. The number of hydrogen-bond acceptors (Lipinski definition) is 2. The van der Waals surface area contributed by atoms with Crippen LogP contribution in [-0.2, 0) is 4.79 Å². The fraction of sp³-hybridized carbons (Fsp3) is 0.417. The minimum absolute atomic E-state index is 0.116. The van der Waals surface area contributed by atoms with Crippen LogP contribution in [0.4, 0.5) is 10.1 Å². The third-order valence-electron chi connectivity index (χ3n) is 2.43. The molecule has 17 heavy (non-hydrogen) atoms. The van der Waals surface area contributed by atoms with Crippen LogP contribution in [-0.4, -0.2) is 18.5 Å². The van der Waals surface area contributed by atoms with Gasteiger partial charge in [0.25, 0.3) is 0 Å². The van der Waals surface area contributed by atoms with Crippen molar-refractivity contribution in [2.75, 3.05) is 11.9 Å². The Kier molecular flexibility index (Phi) is 5.84. The SMILES string of the molecule is CCC(C)NCC(=O)Nc1ccc(F)cc1I. The molecule has 0 bridgehead atoms. The van der Waals surface area contributed by atoms with Crippen LogP contribution in [0.2, 0.25) is 0 Å². The molecule has 0 heterocycles. The van der Waals surface area contributed by atoms with Gasteiger partial charge in [0.1, 0.15) is 5.82 Å². The van der Waals surface area contributed by atoms with Crippen molar-refractivity contribution in [3.8, 4) is 0 Å². The lowest BCUT2D eigenvalue weighted by Gasteiger charge is -2.12. The lowest BCUT2D eigenvalue weighted by molar-refractivity contribution is -0.115. The van der Waals surface area contributed by atoms with Gasteiger partial charge in [-0.2, -0.15) is 0 Å². The van der Waals surface area contributed by atoms with E-state index in [1.807, 2.05) is 29.5 Å². The summed E-state index contributed by atoms with van der Waals surface area (Å²) in [5.41, 5.74) is 0.642. The van der Waals surface area contributed by atoms with Crippen LogP contribution in [0.25, 0.3) is 0 Å². The zero-order valence-corrected chi connectivity index (χ0v) is 12.0. The highest BCUT2D eigenvalue weighted by molar-refractivity contribution is 14.1. The highest BCUT2D eigenvalue weighted by Gasteiger charge is 2.07. The summed E-state index contributed by atoms with van der Waals surface area (Å²) in [5, 5.41) is 5.84. The van der Waals surface area contributed by atoms with Gasteiger partial charge in [-0.05, 0) is 54.1 Å². The molecule has 0 aliphatic rings. The average molecular weight is 350 g/mol. The first-order valence-electron chi connectivity index (χ1n) is 5.51. The Balaban J connectivity index is 2.50. The minimum Gasteiger partial charge on any atom is -0.324 e. The molecule has 1 unspecified atom stereocenters. The third-order valence-corrected chi connectivity index (χ3v) is 3.32. The Labute approximate surface area is 114 Å². The maximum absolute atomic E-state index is 12.9. The van der Waals surface area contributed by atoms with Crippen molar-refractivity contribution in [2.24, 2.45) is 0 Å². The second kappa shape index (κ2) is 6.90. The molecule has 0 aliphatic carbocycles. The quantitative estimate of drug-likeness (QED) is 0.802. The minimum atomic E-state index is -0.301. The molecule has 1 aromatic carbocycles. The highest BCUT2D eigenvalue weighted by atomic mass is 127. The van der Waals surface area contributed by atoms with Gasteiger partial charge in [-0.3, -0.25) is 4.79 Å². The van der Waals surface area contributed by atoms with E-state index in [1.54, 1.807) is 6.07 Å². The van der Waals surface area contributed by atoms with E-state index in [9.17, 15) is 9.18 Å². The molecule has 0 radical (unpaired) electrons. The lowest BCUT2D eigenvalue weighted by Crippen LogP contribution is -2.34. The van der Waals surface area contributed by atoms with Gasteiger partial charge in [0, 0.05) is 9.61 Å². The predicted octanol–water partition coefficient (Wildman–Crippen LogP) is 2.76. The number of carbonyl (C=O) groups is 1. The molecule has 0 aromatic heterocycles. The first-order valence-corrected chi connectivity index (χ1v) is 6.59. The number of hydrogen-bond donors (Lipinski definition) is 2. The molecule has 1 atom stereocenters. The van der Waals surface area contributed by atoms with Crippen molar-refractivity contribution in [2.45, 2.75) is 26.3 Å². The van der Waals surface area contributed by atoms with E-state index < -0.39 is 0 Å². The second-order valence-electron chi connectivity index (χ2n) is 3.86. The molecule has 1 aromatic rings. The topological polar surface area (TPSA) is 41.1 Å². The summed E-state index contributed by atoms with van der Waals surface area (Å²) in [5.74, 6) is -0.417. The van der Waals surface area contributed by atoms with Gasteiger partial charge in [-0.1, -0.05) is 6.92 Å². The van der Waals surface area contributed by atoms with Crippen LogP contribution in [0.3, 0.4) is 0 Å². The molecule has 0 spiro atoms. The summed E-state index contributed by atoms with van der Waals surface area (Å²) in [4.78, 5) is 11.6. The first-order chi connectivity index (χ1) is 8.02. The number of nitrogens with one attached hydrogen (secondary N) is 2. The molecule has 5 heteroatoms. The van der Waals surface area contributed by atoms with E-state index in [4.69, 9.17) is 0 Å². The summed E-state index contributed by atoms with van der Waals surface area (Å²) in [7, 11) is 0. The standard InChI is InChI=1S/C12H16FIN2O/c1-3-8(2)15-7-12(17)16-11-5-4-9(13)6-10(11)14/h4-6,8,15H,3,7H2,1-2H3,(H,16,17). The number of benzene rings is 1. The zero-order valence-electron chi connectivity index (χ0n) is 9.89. The van der Waals surface area contributed by atoms with Crippen molar-refractivity contribution in [3.05, 3.63) is 27.6 Å². The van der Waals surface area contributed by atoms with Crippen molar-refractivity contribution in [1.82, 2.24) is 5.32 Å². The van der Waals surface area contributed by atoms with E-state index in [1.165, 1.54) is 12.1 Å². The summed E-state index contributed by atoms with van der Waals surface area (Å²) in [6.07, 6.45) is 0.974. The van der Waals surface area contributed by atoms with Gasteiger partial charge in [-0.25, -0.2) is 4.39 Å². The second-order valence-corrected chi connectivity index (χ2v) is 5.02. The molecular weight excluding hydrogens is 334 g/mol. The molecule has 1 rings (SSSR count). The summed E-state index contributed by atoms with van der Waals surface area (Å²) in [6.45, 7) is 4.34. The maximum Gasteiger partial charge on any atom is 0.238 e. The van der Waals surface area contributed by atoms with Crippen LogP contribution < -0.4 is 10.6 Å². The average Bonchev–Trinajstić information content (AvgIpc) is 2.29. The summed E-state index contributed by atoms with van der Waals surface area (Å²) in [6, 6.07) is 4.60. The van der Waals surface area contributed by atoms with E-state index in [0.29, 0.717) is 15.3 Å². The first kappa shape index (κ1) is 14.4. The van der Waals surface area contributed by atoms with Crippen LogP contribution in [0.1, 0.15) is 20.3 Å². The van der Waals surface area contributed by atoms with E-state index in [0.717, 1.165) is 6.42 Å². The molecule has 0 saturated carbocycles. The summed E-state index contributed by atoms with van der Waals surface area (Å²) < 4.78 is 13.5. The number of rotatable bonds is 5. The van der Waals surface area contributed by atoms with Gasteiger partial charge in [0.15, 0.2) is 0 Å². The van der Waals surface area contributed by atoms with Crippen molar-refractivity contribution in [3.63, 3.8) is 0 Å². The largest absolute Gasteiger partial charge is 0.324 e. The fourth-order valence-electron chi connectivity index (χ4n) is 1.20. The molecular formula is C12H16FIN2O. The number of amides is 1. The van der Waals surface area contributed by atoms with Gasteiger partial charge in [0.05, 0.1) is 12.2 Å². The highest BCUT2D eigenvalue weighted by Crippen LogP contribution is 2.18. The fourth-order valence-corrected chi connectivity index (χ4v) is 1.81. The third kappa shape index (κ3) is 4.99. The summed E-state index contributed by atoms with van der Waals surface area (Å²) >= 11 is 1.99. The zero-order chi connectivity index (χ0) is 12.8. The van der Waals surface area contributed by atoms with Gasteiger partial charge in [-0.15, -0.1) is 0 Å². The molecule has 3 nitrogen and oxygen atoms in total. The van der Waals surface area contributed by atoms with E-state index in [-0.39, 0.29) is 18.3 Å². The van der Waals surface area contributed by atoms with Gasteiger partial charge in [0.2, 0.25) is 5.91 Å². The predicted molar refractivity (Wildman–Crippen MR) is 75.5 cm³/mol. The molecule has 94 valence electrons. The Hall–Kier alpha value is -0.690. The van der Waals surface area contributed by atoms with Crippen molar-refractivity contribution in [1.29, 1.82) is 0 Å². The van der Waals surface area contributed by atoms with Crippen LogP contribution in [0, 0.1) is 9.39 Å². The lowest BCUT2D eigenvalue weighted by atomic mass is 10.2. The smallest absolute Gasteiger partial charge is 0.238 e. The van der Waals surface area contributed by atoms with Crippen LogP contribution >= 0.6 is 22.6 Å². The Morgan fingerprint density at radius 1 is 1.53 bits per heavy atom. The number of anilines is 1. The van der Waals surface area contributed by atoms with Gasteiger partial charge < -0.3 is 10.6 Å². The number of halogens is 2. The van der Waals surface area contributed by atoms with Crippen LogP contribution in [0.5, 0.6) is 0 Å². The molecule has 0 fully saturated rings.